The van der Waals surface area contributed by atoms with Crippen LogP contribution < -0.4 is 16.2 Å². The number of nitrogens with two attached hydrogens (primary N) is 2. The molecule has 6 heteroatoms. The largest absolute Gasteiger partial charge is 0.490 e. The first-order valence-electron chi connectivity index (χ1n) is 4.16. The van der Waals surface area contributed by atoms with Crippen molar-refractivity contribution >= 4 is 11.6 Å². The molecule has 0 unspecified atom stereocenters. The summed E-state index contributed by atoms with van der Waals surface area (Å²) in [6, 6.07) is 1.64. The number of hydrogen-bond donors (Lipinski definition) is 2. The fourth-order valence-corrected chi connectivity index (χ4v) is 0.916. The summed E-state index contributed by atoms with van der Waals surface area (Å²) in [4.78, 5) is 10.3. The molecule has 0 aliphatic heterocycles. The fourth-order valence-electron chi connectivity index (χ4n) is 0.916. The highest BCUT2D eigenvalue weighted by molar-refractivity contribution is 5.73. The van der Waals surface area contributed by atoms with E-state index in [2.05, 4.69) is 0 Å². The zero-order valence-electron chi connectivity index (χ0n) is 7.80. The Kier molecular flexibility index (Phi) is 3.43. The van der Waals surface area contributed by atoms with Crippen molar-refractivity contribution in [3.05, 3.63) is 23.8 Å². The predicted octanol–water partition coefficient (Wildman–Crippen LogP) is 0.801. The molecule has 1 rings (SSSR count). The van der Waals surface area contributed by atoms with Crippen LogP contribution >= 0.6 is 0 Å². The van der Waals surface area contributed by atoms with Crippen LogP contribution in [0.3, 0.4) is 0 Å². The number of anilines is 1. The maximum Gasteiger partial charge on any atom is 0.220 e. The van der Waals surface area contributed by atoms with E-state index in [0.29, 0.717) is 0 Å². The van der Waals surface area contributed by atoms with Crippen LogP contribution in [0, 0.1) is 11.6 Å². The van der Waals surface area contributed by atoms with Crippen LogP contribution in [0.1, 0.15) is 6.42 Å². The molecule has 0 saturated heterocycles. The van der Waals surface area contributed by atoms with Gasteiger partial charge in [-0.1, -0.05) is 0 Å². The highest BCUT2D eigenvalue weighted by Gasteiger charge is 2.09. The Hall–Kier alpha value is -1.85. The van der Waals surface area contributed by atoms with E-state index in [0.717, 1.165) is 12.1 Å². The summed E-state index contributed by atoms with van der Waals surface area (Å²) in [5, 5.41) is 0. The van der Waals surface area contributed by atoms with Gasteiger partial charge in [-0.3, -0.25) is 4.79 Å². The minimum Gasteiger partial charge on any atom is -0.490 e. The minimum absolute atomic E-state index is 0.0641. The Bertz CT molecular complexity index is 383. The minimum atomic E-state index is -0.779. The van der Waals surface area contributed by atoms with Gasteiger partial charge in [0, 0.05) is 12.1 Å². The summed E-state index contributed by atoms with van der Waals surface area (Å²) >= 11 is 0. The SMILES string of the molecule is NC(=O)CCOc1cc(F)c(N)cc1F. The molecule has 4 nitrogen and oxygen atoms in total. The third-order valence-electron chi connectivity index (χ3n) is 1.66. The number of amides is 1. The Morgan fingerprint density at radius 2 is 2.00 bits per heavy atom. The van der Waals surface area contributed by atoms with Gasteiger partial charge in [0.05, 0.1) is 18.7 Å². The van der Waals surface area contributed by atoms with Crippen molar-refractivity contribution in [2.75, 3.05) is 12.3 Å². The first-order chi connectivity index (χ1) is 7.00. The van der Waals surface area contributed by atoms with Crippen molar-refractivity contribution < 1.29 is 18.3 Å². The zero-order chi connectivity index (χ0) is 11.4. The van der Waals surface area contributed by atoms with Gasteiger partial charge in [0.2, 0.25) is 5.91 Å². The quantitative estimate of drug-likeness (QED) is 0.730. The summed E-state index contributed by atoms with van der Waals surface area (Å²) in [7, 11) is 0. The van der Waals surface area contributed by atoms with Crippen LogP contribution in [0.25, 0.3) is 0 Å². The van der Waals surface area contributed by atoms with E-state index in [1.54, 1.807) is 0 Å². The number of hydrogen-bond acceptors (Lipinski definition) is 3. The molecule has 1 amide bonds. The third-order valence-corrected chi connectivity index (χ3v) is 1.66. The standard InChI is InChI=1S/C9H10F2N2O2/c10-5-4-8(6(11)3-7(5)12)15-2-1-9(13)14/h3-4H,1-2,12H2,(H2,13,14). The second kappa shape index (κ2) is 4.59. The number of carbonyl (C=O) groups is 1. The van der Waals surface area contributed by atoms with E-state index in [9.17, 15) is 13.6 Å². The lowest BCUT2D eigenvalue weighted by Crippen LogP contribution is -2.15. The molecule has 0 saturated carbocycles. The van der Waals surface area contributed by atoms with Gasteiger partial charge in [0.25, 0.3) is 0 Å². The highest BCUT2D eigenvalue weighted by atomic mass is 19.1. The van der Waals surface area contributed by atoms with Crippen LogP contribution in [-0.2, 0) is 4.79 Å². The average molecular weight is 216 g/mol. The molecular formula is C9H10F2N2O2. The number of halogens is 2. The van der Waals surface area contributed by atoms with Gasteiger partial charge in [-0.15, -0.1) is 0 Å². The predicted molar refractivity (Wildman–Crippen MR) is 50.1 cm³/mol. The summed E-state index contributed by atoms with van der Waals surface area (Å²) in [6.45, 7) is -0.102. The molecule has 1 aromatic carbocycles. The van der Waals surface area contributed by atoms with E-state index in [4.69, 9.17) is 16.2 Å². The van der Waals surface area contributed by atoms with Gasteiger partial charge in [-0.25, -0.2) is 8.78 Å². The smallest absolute Gasteiger partial charge is 0.220 e. The zero-order valence-corrected chi connectivity index (χ0v) is 7.80. The maximum absolute atomic E-state index is 13.1. The number of nitrogen functional groups attached to an aromatic ring is 1. The molecule has 0 fully saturated rings. The Morgan fingerprint density at radius 3 is 2.60 bits per heavy atom. The topological polar surface area (TPSA) is 78.3 Å². The van der Waals surface area contributed by atoms with Gasteiger partial charge in [0.15, 0.2) is 11.6 Å². The van der Waals surface area contributed by atoms with Crippen molar-refractivity contribution in [1.82, 2.24) is 0 Å². The Labute approximate surface area is 84.8 Å². The number of rotatable bonds is 4. The molecule has 0 heterocycles. The van der Waals surface area contributed by atoms with Crippen LogP contribution in [0.15, 0.2) is 12.1 Å². The van der Waals surface area contributed by atoms with Crippen LogP contribution in [0.4, 0.5) is 14.5 Å². The molecule has 0 spiro atoms. The van der Waals surface area contributed by atoms with Gasteiger partial charge < -0.3 is 16.2 Å². The highest BCUT2D eigenvalue weighted by Crippen LogP contribution is 2.22. The van der Waals surface area contributed by atoms with Gasteiger partial charge in [-0.2, -0.15) is 0 Å². The molecule has 0 radical (unpaired) electrons. The van der Waals surface area contributed by atoms with Crippen molar-refractivity contribution in [1.29, 1.82) is 0 Å². The van der Waals surface area contributed by atoms with Crippen molar-refractivity contribution in [3.8, 4) is 5.75 Å². The Balaban J connectivity index is 2.69. The van der Waals surface area contributed by atoms with Crippen LogP contribution in [0.5, 0.6) is 5.75 Å². The fraction of sp³-hybridized carbons (Fsp3) is 0.222. The van der Waals surface area contributed by atoms with Gasteiger partial charge in [-0.05, 0) is 0 Å². The van der Waals surface area contributed by atoms with E-state index in [-0.39, 0.29) is 24.5 Å². The molecule has 0 aliphatic rings. The molecule has 0 atom stereocenters. The summed E-state index contributed by atoms with van der Waals surface area (Å²) in [5.74, 6) is -2.42. The molecule has 82 valence electrons. The molecule has 4 N–H and O–H groups in total. The second-order valence-electron chi connectivity index (χ2n) is 2.87. The average Bonchev–Trinajstić information content (AvgIpc) is 2.13. The van der Waals surface area contributed by atoms with Crippen molar-refractivity contribution in [2.45, 2.75) is 6.42 Å². The summed E-state index contributed by atoms with van der Waals surface area (Å²) < 4.78 is 30.8. The summed E-state index contributed by atoms with van der Waals surface area (Å²) in [6.07, 6.45) is -0.0641. The van der Waals surface area contributed by atoms with Crippen LogP contribution in [-0.4, -0.2) is 12.5 Å². The third kappa shape index (κ3) is 3.08. The van der Waals surface area contributed by atoms with Crippen molar-refractivity contribution in [2.24, 2.45) is 5.73 Å². The normalized spacial score (nSPS) is 10.0. The van der Waals surface area contributed by atoms with Crippen LogP contribution in [0.2, 0.25) is 0 Å². The second-order valence-corrected chi connectivity index (χ2v) is 2.87. The van der Waals surface area contributed by atoms with E-state index >= 15 is 0 Å². The number of benzene rings is 1. The van der Waals surface area contributed by atoms with Gasteiger partial charge in [0.1, 0.15) is 5.82 Å². The monoisotopic (exact) mass is 216 g/mol. The number of ether oxygens (including phenoxy) is 1. The lowest BCUT2D eigenvalue weighted by Gasteiger charge is -2.07. The van der Waals surface area contributed by atoms with E-state index in [1.165, 1.54) is 0 Å². The van der Waals surface area contributed by atoms with Crippen molar-refractivity contribution in [3.63, 3.8) is 0 Å². The number of carbonyl (C=O) groups excluding carboxylic acids is 1. The lowest BCUT2D eigenvalue weighted by molar-refractivity contribution is -0.118. The molecule has 0 aliphatic carbocycles. The number of primary amides is 1. The van der Waals surface area contributed by atoms with E-state index < -0.39 is 17.5 Å². The molecular weight excluding hydrogens is 206 g/mol. The molecule has 0 bridgehead atoms. The Morgan fingerprint density at radius 1 is 1.33 bits per heavy atom. The maximum atomic E-state index is 13.1. The summed E-state index contributed by atoms with van der Waals surface area (Å²) in [5.41, 5.74) is 9.67. The van der Waals surface area contributed by atoms with E-state index in [1.807, 2.05) is 0 Å². The first-order valence-corrected chi connectivity index (χ1v) is 4.16. The first kappa shape index (κ1) is 11.2. The molecule has 1 aromatic rings. The lowest BCUT2D eigenvalue weighted by atomic mass is 10.3. The molecule has 0 aromatic heterocycles. The molecule has 15 heavy (non-hydrogen) atoms. The van der Waals surface area contributed by atoms with Gasteiger partial charge >= 0.3 is 0 Å².